The summed E-state index contributed by atoms with van der Waals surface area (Å²) in [5, 5.41) is 0. The van der Waals surface area contributed by atoms with Gasteiger partial charge in [-0.15, -0.1) is 0 Å². The number of esters is 1. The maximum atomic E-state index is 12.1. The molecule has 1 aromatic rings. The van der Waals surface area contributed by atoms with E-state index >= 15 is 0 Å². The Morgan fingerprint density at radius 2 is 1.84 bits per heavy atom. The second-order valence-electron chi connectivity index (χ2n) is 6.99. The van der Waals surface area contributed by atoms with E-state index in [1.165, 1.54) is 6.08 Å². The van der Waals surface area contributed by atoms with Crippen LogP contribution in [0.15, 0.2) is 35.9 Å². The van der Waals surface area contributed by atoms with Crippen LogP contribution in [-0.2, 0) is 25.7 Å². The number of benzene rings is 1. The molecule has 0 aliphatic carbocycles. The summed E-state index contributed by atoms with van der Waals surface area (Å²) in [4.78, 5) is 22.7. The Bertz CT molecular complexity index is 581. The highest BCUT2D eigenvalue weighted by molar-refractivity contribution is 5.75. The van der Waals surface area contributed by atoms with Gasteiger partial charge < -0.3 is 14.2 Å². The van der Waals surface area contributed by atoms with Crippen LogP contribution in [0.2, 0.25) is 0 Å². The Morgan fingerprint density at radius 3 is 2.36 bits per heavy atom. The summed E-state index contributed by atoms with van der Waals surface area (Å²) in [5.74, 6) is 0.500. The first kappa shape index (κ1) is 20.9. The summed E-state index contributed by atoms with van der Waals surface area (Å²) in [6.07, 6.45) is 2.24. The van der Waals surface area contributed by atoms with Crippen LogP contribution in [0.3, 0.4) is 0 Å². The van der Waals surface area contributed by atoms with Crippen LogP contribution in [0, 0.1) is 5.41 Å². The minimum atomic E-state index is -0.587. The molecule has 0 spiro atoms. The Labute approximate surface area is 150 Å². The molecule has 0 heterocycles. The molecule has 1 aromatic carbocycles. The lowest BCUT2D eigenvalue weighted by Crippen LogP contribution is -2.31. The maximum absolute atomic E-state index is 12.1. The smallest absolute Gasteiger partial charge is 0.311 e. The van der Waals surface area contributed by atoms with Gasteiger partial charge in [0.2, 0.25) is 0 Å². The summed E-state index contributed by atoms with van der Waals surface area (Å²) in [6, 6.07) is 7.58. The molecule has 0 radical (unpaired) electrons. The Hall–Kier alpha value is -2.14. The fourth-order valence-electron chi connectivity index (χ4n) is 2.04. The molecule has 1 atom stereocenters. The SMILES string of the molecule is COc1ccc(COC[C@H](C/C(C)=C/C=O)OC(=O)C(C)(C)C)cc1. The summed E-state index contributed by atoms with van der Waals surface area (Å²) in [6.45, 7) is 7.91. The van der Waals surface area contributed by atoms with Crippen LogP contribution in [0.5, 0.6) is 5.75 Å². The van der Waals surface area contributed by atoms with Crippen molar-refractivity contribution in [3.63, 3.8) is 0 Å². The molecule has 25 heavy (non-hydrogen) atoms. The van der Waals surface area contributed by atoms with E-state index in [2.05, 4.69) is 0 Å². The van der Waals surface area contributed by atoms with Gasteiger partial charge >= 0.3 is 5.97 Å². The van der Waals surface area contributed by atoms with E-state index < -0.39 is 11.5 Å². The first-order chi connectivity index (χ1) is 11.8. The van der Waals surface area contributed by atoms with Gasteiger partial charge in [-0.1, -0.05) is 17.7 Å². The van der Waals surface area contributed by atoms with Crippen LogP contribution >= 0.6 is 0 Å². The summed E-state index contributed by atoms with van der Waals surface area (Å²) in [5.41, 5.74) is 1.26. The van der Waals surface area contributed by atoms with Gasteiger partial charge in [-0.05, 0) is 51.5 Å². The molecule has 0 saturated carbocycles. The zero-order valence-electron chi connectivity index (χ0n) is 15.7. The van der Waals surface area contributed by atoms with Gasteiger partial charge in [-0.25, -0.2) is 0 Å². The summed E-state index contributed by atoms with van der Waals surface area (Å²) >= 11 is 0. The Morgan fingerprint density at radius 1 is 1.20 bits per heavy atom. The average molecular weight is 348 g/mol. The quantitative estimate of drug-likeness (QED) is 0.387. The molecule has 0 aliphatic heterocycles. The number of carbonyl (C=O) groups excluding carboxylic acids is 2. The highest BCUT2D eigenvalue weighted by Gasteiger charge is 2.26. The van der Waals surface area contributed by atoms with Gasteiger partial charge in [0.05, 0.1) is 25.7 Å². The molecule has 0 amide bonds. The molecule has 0 saturated heterocycles. The van der Waals surface area contributed by atoms with Crippen molar-refractivity contribution in [3.05, 3.63) is 41.5 Å². The number of ether oxygens (including phenoxy) is 3. The lowest BCUT2D eigenvalue weighted by Gasteiger charge is -2.23. The molecule has 138 valence electrons. The average Bonchev–Trinajstić information content (AvgIpc) is 2.54. The van der Waals surface area contributed by atoms with Crippen molar-refractivity contribution >= 4 is 12.3 Å². The second-order valence-corrected chi connectivity index (χ2v) is 6.99. The number of hydrogen-bond donors (Lipinski definition) is 0. The van der Waals surface area contributed by atoms with Crippen LogP contribution in [0.4, 0.5) is 0 Å². The van der Waals surface area contributed by atoms with E-state index in [0.29, 0.717) is 13.0 Å². The Balaban J connectivity index is 2.63. The standard InChI is InChI=1S/C20H28O5/c1-15(10-11-21)12-18(25-19(22)20(2,3)4)14-24-13-16-6-8-17(23-5)9-7-16/h6-11,18H,12-14H2,1-5H3/b15-10+/t18-/m0/s1. The van der Waals surface area contributed by atoms with Crippen LogP contribution in [-0.4, -0.2) is 32.1 Å². The van der Waals surface area contributed by atoms with Crippen molar-refractivity contribution in [1.29, 1.82) is 0 Å². The van der Waals surface area contributed by atoms with E-state index in [-0.39, 0.29) is 12.6 Å². The minimum Gasteiger partial charge on any atom is -0.497 e. The third kappa shape index (κ3) is 7.98. The molecule has 0 aliphatic rings. The van der Waals surface area contributed by atoms with Gasteiger partial charge in [-0.2, -0.15) is 0 Å². The van der Waals surface area contributed by atoms with E-state index in [4.69, 9.17) is 14.2 Å². The van der Waals surface area contributed by atoms with Crippen molar-refractivity contribution in [2.75, 3.05) is 13.7 Å². The number of methoxy groups -OCH3 is 1. The fraction of sp³-hybridized carbons (Fsp3) is 0.500. The zero-order valence-corrected chi connectivity index (χ0v) is 15.7. The number of aldehydes is 1. The number of allylic oxidation sites excluding steroid dienone is 1. The predicted molar refractivity (Wildman–Crippen MR) is 96.4 cm³/mol. The third-order valence-electron chi connectivity index (χ3n) is 3.52. The van der Waals surface area contributed by atoms with Gasteiger partial charge in [0.1, 0.15) is 18.1 Å². The van der Waals surface area contributed by atoms with Gasteiger partial charge in [0.25, 0.3) is 0 Å². The van der Waals surface area contributed by atoms with E-state index in [1.807, 2.05) is 31.2 Å². The van der Waals surface area contributed by atoms with Gasteiger partial charge in [0.15, 0.2) is 0 Å². The summed E-state index contributed by atoms with van der Waals surface area (Å²) < 4.78 is 16.4. The molecule has 0 N–H and O–H groups in total. The molecule has 5 heteroatoms. The van der Waals surface area contributed by atoms with Crippen LogP contribution in [0.25, 0.3) is 0 Å². The number of rotatable bonds is 9. The molecular weight excluding hydrogens is 320 g/mol. The van der Waals surface area contributed by atoms with E-state index in [0.717, 1.165) is 23.2 Å². The highest BCUT2D eigenvalue weighted by atomic mass is 16.6. The normalized spacial score (nSPS) is 13.2. The highest BCUT2D eigenvalue weighted by Crippen LogP contribution is 2.19. The molecule has 0 fully saturated rings. The fourth-order valence-corrected chi connectivity index (χ4v) is 2.04. The maximum Gasteiger partial charge on any atom is 0.311 e. The van der Waals surface area contributed by atoms with Crippen molar-refractivity contribution < 1.29 is 23.8 Å². The van der Waals surface area contributed by atoms with Gasteiger partial charge in [0, 0.05) is 6.42 Å². The third-order valence-corrected chi connectivity index (χ3v) is 3.52. The summed E-state index contributed by atoms with van der Waals surface area (Å²) in [7, 11) is 1.62. The first-order valence-electron chi connectivity index (χ1n) is 8.29. The van der Waals surface area contributed by atoms with Crippen molar-refractivity contribution in [2.24, 2.45) is 5.41 Å². The largest absolute Gasteiger partial charge is 0.497 e. The zero-order chi connectivity index (χ0) is 18.9. The minimum absolute atomic E-state index is 0.262. The molecule has 0 bridgehead atoms. The predicted octanol–water partition coefficient (Wildman–Crippen LogP) is 3.71. The molecule has 1 rings (SSSR count). The van der Waals surface area contributed by atoms with E-state index in [1.54, 1.807) is 27.9 Å². The Kier molecular flexibility index (Phi) is 8.35. The first-order valence-corrected chi connectivity index (χ1v) is 8.29. The topological polar surface area (TPSA) is 61.8 Å². The second kappa shape index (κ2) is 9.99. The van der Waals surface area contributed by atoms with Crippen LogP contribution < -0.4 is 4.74 Å². The molecule has 5 nitrogen and oxygen atoms in total. The lowest BCUT2D eigenvalue weighted by atomic mass is 9.97. The van der Waals surface area contributed by atoms with Crippen molar-refractivity contribution in [2.45, 2.75) is 46.8 Å². The monoisotopic (exact) mass is 348 g/mol. The van der Waals surface area contributed by atoms with Crippen molar-refractivity contribution in [1.82, 2.24) is 0 Å². The van der Waals surface area contributed by atoms with Crippen LogP contribution in [0.1, 0.15) is 39.7 Å². The molecule has 0 unspecified atom stereocenters. The lowest BCUT2D eigenvalue weighted by molar-refractivity contribution is -0.161. The number of hydrogen-bond acceptors (Lipinski definition) is 5. The number of carbonyl (C=O) groups is 2. The van der Waals surface area contributed by atoms with E-state index in [9.17, 15) is 9.59 Å². The molecule has 0 aromatic heterocycles. The van der Waals surface area contributed by atoms with Crippen molar-refractivity contribution in [3.8, 4) is 5.75 Å². The molecular formula is C20H28O5. The van der Waals surface area contributed by atoms with Gasteiger partial charge in [-0.3, -0.25) is 9.59 Å².